The quantitative estimate of drug-likeness (QED) is 0.283. The smallest absolute Gasteiger partial charge is 0.272 e. The number of aryl methyl sites for hydroxylation is 1. The van der Waals surface area contributed by atoms with Crippen molar-refractivity contribution in [3.63, 3.8) is 0 Å². The first-order valence-corrected chi connectivity index (χ1v) is 15.4. The number of aromatic nitrogens is 3. The molecular formula is C32H30N6O3S. The summed E-state index contributed by atoms with van der Waals surface area (Å²) in [5.41, 5.74) is 7.29. The van der Waals surface area contributed by atoms with Crippen molar-refractivity contribution in [2.24, 2.45) is 9.50 Å². The molecule has 0 spiro atoms. The predicted octanol–water partition coefficient (Wildman–Crippen LogP) is 4.33. The van der Waals surface area contributed by atoms with Crippen molar-refractivity contribution in [2.45, 2.75) is 37.0 Å². The van der Waals surface area contributed by atoms with Gasteiger partial charge in [0.15, 0.2) is 5.69 Å². The number of carbonyl (C=O) groups excluding carboxylic acids is 2. The van der Waals surface area contributed by atoms with E-state index in [1.807, 2.05) is 42.6 Å². The zero-order valence-corrected chi connectivity index (χ0v) is 23.7. The highest BCUT2D eigenvalue weighted by Gasteiger charge is 2.21. The lowest BCUT2D eigenvalue weighted by atomic mass is 9.91. The van der Waals surface area contributed by atoms with Crippen LogP contribution >= 0.6 is 0 Å². The molecule has 10 heteroatoms. The zero-order valence-electron chi connectivity index (χ0n) is 22.9. The van der Waals surface area contributed by atoms with Gasteiger partial charge in [-0.1, -0.05) is 30.3 Å². The number of imidazole rings is 1. The Morgan fingerprint density at radius 1 is 1.00 bits per heavy atom. The van der Waals surface area contributed by atoms with Crippen LogP contribution in [0.25, 0.3) is 16.6 Å². The van der Waals surface area contributed by atoms with Gasteiger partial charge in [0, 0.05) is 25.1 Å². The van der Waals surface area contributed by atoms with Crippen molar-refractivity contribution in [2.75, 3.05) is 6.54 Å². The van der Waals surface area contributed by atoms with Crippen LogP contribution in [0.15, 0.2) is 101 Å². The number of rotatable bonds is 8. The molecular weight excluding hydrogens is 548 g/mol. The first-order chi connectivity index (χ1) is 20.4. The van der Waals surface area contributed by atoms with E-state index in [-0.39, 0.29) is 17.2 Å². The van der Waals surface area contributed by atoms with Crippen LogP contribution in [0, 0.1) is 0 Å². The van der Waals surface area contributed by atoms with E-state index in [4.69, 9.17) is 5.14 Å². The van der Waals surface area contributed by atoms with E-state index in [1.165, 1.54) is 11.1 Å². The molecule has 0 aliphatic heterocycles. The SMILES string of the molecule is NS(=O)(=NC(=O)Cc1c(-c2ccncc2)ccc2c1CCC2)c1ccc(CCNC(=O)c2ncn3ccccc23)cc1. The first-order valence-electron chi connectivity index (χ1n) is 13.8. The highest BCUT2D eigenvalue weighted by atomic mass is 32.2. The fourth-order valence-corrected chi connectivity index (χ4v) is 6.51. The van der Waals surface area contributed by atoms with E-state index in [9.17, 15) is 13.8 Å². The summed E-state index contributed by atoms with van der Waals surface area (Å²) in [6.45, 7) is 0.395. The monoisotopic (exact) mass is 578 g/mol. The van der Waals surface area contributed by atoms with Crippen LogP contribution in [-0.2, 0) is 40.4 Å². The lowest BCUT2D eigenvalue weighted by molar-refractivity contribution is -0.117. The second kappa shape index (κ2) is 11.7. The second-order valence-electron chi connectivity index (χ2n) is 10.3. The predicted molar refractivity (Wildman–Crippen MR) is 161 cm³/mol. The van der Waals surface area contributed by atoms with Crippen LogP contribution in [-0.4, -0.2) is 36.9 Å². The van der Waals surface area contributed by atoms with Crippen molar-refractivity contribution >= 4 is 27.2 Å². The second-order valence-corrected chi connectivity index (χ2v) is 12.1. The molecule has 2 aromatic carbocycles. The Morgan fingerprint density at radius 3 is 2.62 bits per heavy atom. The van der Waals surface area contributed by atoms with Crippen LogP contribution in [0.2, 0.25) is 0 Å². The number of amides is 2. The maximum Gasteiger partial charge on any atom is 0.272 e. The molecule has 1 atom stereocenters. The van der Waals surface area contributed by atoms with Gasteiger partial charge in [0.2, 0.25) is 0 Å². The average molecular weight is 579 g/mol. The topological polar surface area (TPSA) is 132 Å². The number of fused-ring (bicyclic) bond motifs is 2. The molecule has 0 saturated heterocycles. The summed E-state index contributed by atoms with van der Waals surface area (Å²) in [5, 5.41) is 9.00. The molecule has 0 radical (unpaired) electrons. The molecule has 42 heavy (non-hydrogen) atoms. The molecule has 0 fully saturated rings. The Morgan fingerprint density at radius 2 is 1.81 bits per heavy atom. The summed E-state index contributed by atoms with van der Waals surface area (Å²) in [7, 11) is -3.44. The van der Waals surface area contributed by atoms with Crippen molar-refractivity contribution in [3.05, 3.63) is 120 Å². The van der Waals surface area contributed by atoms with E-state index < -0.39 is 15.8 Å². The van der Waals surface area contributed by atoms with Crippen LogP contribution < -0.4 is 10.5 Å². The van der Waals surface area contributed by atoms with E-state index in [2.05, 4.69) is 25.7 Å². The minimum Gasteiger partial charge on any atom is -0.350 e. The first kappa shape index (κ1) is 27.5. The van der Waals surface area contributed by atoms with E-state index >= 15 is 0 Å². The Bertz CT molecular complexity index is 1910. The third kappa shape index (κ3) is 5.72. The molecule has 6 rings (SSSR count). The van der Waals surface area contributed by atoms with Gasteiger partial charge in [-0.15, -0.1) is 4.36 Å². The Hall–Kier alpha value is -4.67. The van der Waals surface area contributed by atoms with Crippen molar-refractivity contribution in [1.29, 1.82) is 0 Å². The molecule has 3 N–H and O–H groups in total. The summed E-state index contributed by atoms with van der Waals surface area (Å²) in [4.78, 5) is 34.4. The molecule has 1 aliphatic carbocycles. The molecule has 9 nitrogen and oxygen atoms in total. The highest BCUT2D eigenvalue weighted by molar-refractivity contribution is 7.91. The normalized spacial score (nSPS) is 13.8. The van der Waals surface area contributed by atoms with Gasteiger partial charge in [-0.2, -0.15) is 0 Å². The fourth-order valence-electron chi connectivity index (χ4n) is 5.51. The Balaban J connectivity index is 1.13. The number of nitrogens with zero attached hydrogens (tertiary/aromatic N) is 4. The summed E-state index contributed by atoms with van der Waals surface area (Å²) >= 11 is 0. The number of nitrogens with two attached hydrogens (primary N) is 1. The molecule has 0 bridgehead atoms. The molecule has 1 unspecified atom stereocenters. The number of pyridine rings is 2. The number of nitrogens with one attached hydrogen (secondary N) is 1. The Kier molecular flexibility index (Phi) is 7.64. The van der Waals surface area contributed by atoms with Gasteiger partial charge in [0.25, 0.3) is 11.8 Å². The molecule has 3 heterocycles. The molecule has 1 aliphatic rings. The van der Waals surface area contributed by atoms with Gasteiger partial charge >= 0.3 is 0 Å². The summed E-state index contributed by atoms with van der Waals surface area (Å²) in [5.74, 6) is -0.768. The van der Waals surface area contributed by atoms with Crippen molar-refractivity contribution in [3.8, 4) is 11.1 Å². The number of carbonyl (C=O) groups is 2. The summed E-state index contributed by atoms with van der Waals surface area (Å²) in [6, 6.07) is 20.4. The largest absolute Gasteiger partial charge is 0.350 e. The zero-order chi connectivity index (χ0) is 29.1. The van der Waals surface area contributed by atoms with Crippen LogP contribution in [0.3, 0.4) is 0 Å². The van der Waals surface area contributed by atoms with Gasteiger partial charge in [-0.3, -0.25) is 14.6 Å². The van der Waals surface area contributed by atoms with Gasteiger partial charge in [0.1, 0.15) is 16.2 Å². The molecule has 0 saturated carbocycles. The van der Waals surface area contributed by atoms with Gasteiger partial charge in [-0.25, -0.2) is 14.3 Å². The fraction of sp³-hybridized carbons (Fsp3) is 0.188. The van der Waals surface area contributed by atoms with Gasteiger partial charge in [0.05, 0.1) is 16.8 Å². The lowest BCUT2D eigenvalue weighted by Gasteiger charge is -2.14. The summed E-state index contributed by atoms with van der Waals surface area (Å²) in [6.07, 6.45) is 10.4. The number of hydrogen-bond acceptors (Lipinski definition) is 5. The maximum absolute atomic E-state index is 13.3. The standard InChI is InChI=1S/C32H30N6O3S/c33-42(41,37-30(39)20-28-26-5-3-4-23(26)9-12-27(28)24-14-16-34-17-15-24)25-10-7-22(8-11-25)13-18-35-32(40)31-29-6-1-2-19-38(29)21-36-31/h1-2,6-12,14-17,19,21H,3-5,13,18,20H2,(H,35,40)(H2,33,37,39,41). The van der Waals surface area contributed by atoms with Gasteiger partial charge < -0.3 is 9.72 Å². The Labute approximate surface area is 244 Å². The third-order valence-electron chi connectivity index (χ3n) is 7.58. The summed E-state index contributed by atoms with van der Waals surface area (Å²) < 4.78 is 19.1. The van der Waals surface area contributed by atoms with E-state index in [0.717, 1.165) is 47.0 Å². The van der Waals surface area contributed by atoms with E-state index in [1.54, 1.807) is 47.4 Å². The van der Waals surface area contributed by atoms with Crippen LogP contribution in [0.4, 0.5) is 0 Å². The van der Waals surface area contributed by atoms with Gasteiger partial charge in [-0.05, 0) is 95.5 Å². The third-order valence-corrected chi connectivity index (χ3v) is 9.00. The number of hydrogen-bond donors (Lipinski definition) is 2. The molecule has 5 aromatic rings. The lowest BCUT2D eigenvalue weighted by Crippen LogP contribution is -2.26. The molecule has 3 aromatic heterocycles. The van der Waals surface area contributed by atoms with Crippen LogP contribution in [0.5, 0.6) is 0 Å². The minimum absolute atomic E-state index is 0.0266. The van der Waals surface area contributed by atoms with Crippen molar-refractivity contribution in [1.82, 2.24) is 19.7 Å². The van der Waals surface area contributed by atoms with Crippen LogP contribution in [0.1, 0.15) is 39.2 Å². The maximum atomic E-state index is 13.3. The molecule has 2 amide bonds. The minimum atomic E-state index is -3.44. The molecule has 212 valence electrons. The highest BCUT2D eigenvalue weighted by Crippen LogP contribution is 2.34. The van der Waals surface area contributed by atoms with E-state index in [0.29, 0.717) is 18.7 Å². The van der Waals surface area contributed by atoms with Crippen molar-refractivity contribution < 1.29 is 13.8 Å². The average Bonchev–Trinajstić information content (AvgIpc) is 3.66. The number of benzene rings is 2.